The Hall–Kier alpha value is -3.23. The molecule has 168 valence electrons. The highest BCUT2D eigenvalue weighted by Crippen LogP contribution is 2.33. The number of amides is 1. The fourth-order valence-electron chi connectivity index (χ4n) is 3.66. The molecule has 4 aromatic rings. The number of halogens is 1. The molecule has 0 unspecified atom stereocenters. The lowest BCUT2D eigenvalue weighted by Crippen LogP contribution is -2.37. The van der Waals surface area contributed by atoms with Crippen LogP contribution in [-0.2, 0) is 10.0 Å². The van der Waals surface area contributed by atoms with Crippen LogP contribution < -0.4 is 4.31 Å². The molecule has 6 nitrogen and oxygen atoms in total. The van der Waals surface area contributed by atoms with E-state index in [9.17, 15) is 18.0 Å². The van der Waals surface area contributed by atoms with E-state index in [-0.39, 0.29) is 21.9 Å². The number of aryl methyl sites for hydroxylation is 2. The highest BCUT2D eigenvalue weighted by atomic mass is 79.9. The van der Waals surface area contributed by atoms with Gasteiger partial charge < -0.3 is 4.42 Å². The Labute approximate surface area is 200 Å². The smallest absolute Gasteiger partial charge is 0.272 e. The van der Waals surface area contributed by atoms with E-state index in [1.54, 1.807) is 49.4 Å². The van der Waals surface area contributed by atoms with E-state index < -0.39 is 15.9 Å². The monoisotopic (exact) mass is 525 g/mol. The van der Waals surface area contributed by atoms with Crippen LogP contribution in [0.15, 0.2) is 80.5 Å². The maximum Gasteiger partial charge on any atom is 0.272 e. The number of hydrogen-bond acceptors (Lipinski definition) is 5. The average Bonchev–Trinajstić information content (AvgIpc) is 3.09. The molecule has 8 heteroatoms. The Morgan fingerprint density at radius 2 is 1.55 bits per heavy atom. The summed E-state index contributed by atoms with van der Waals surface area (Å²) in [5.74, 6) is -0.487. The van der Waals surface area contributed by atoms with Crippen molar-refractivity contribution >= 4 is 54.3 Å². The van der Waals surface area contributed by atoms with Crippen LogP contribution in [0, 0.1) is 13.8 Å². The number of fused-ring (bicyclic) bond motifs is 1. The molecule has 0 saturated carbocycles. The van der Waals surface area contributed by atoms with Gasteiger partial charge in [-0.05, 0) is 75.4 Å². The summed E-state index contributed by atoms with van der Waals surface area (Å²) in [6.45, 7) is 4.96. The zero-order chi connectivity index (χ0) is 23.9. The lowest BCUT2D eigenvalue weighted by atomic mass is 10.1. The van der Waals surface area contributed by atoms with E-state index in [4.69, 9.17) is 4.42 Å². The zero-order valence-corrected chi connectivity index (χ0v) is 20.5. The summed E-state index contributed by atoms with van der Waals surface area (Å²) in [7, 11) is -4.28. The molecule has 33 heavy (non-hydrogen) atoms. The van der Waals surface area contributed by atoms with Crippen molar-refractivity contribution in [2.75, 3.05) is 4.31 Å². The van der Waals surface area contributed by atoms with Crippen LogP contribution in [0.25, 0.3) is 11.0 Å². The summed E-state index contributed by atoms with van der Waals surface area (Å²) in [4.78, 5) is 25.7. The van der Waals surface area contributed by atoms with Gasteiger partial charge in [0.15, 0.2) is 5.78 Å². The average molecular weight is 526 g/mol. The van der Waals surface area contributed by atoms with Gasteiger partial charge in [-0.15, -0.1) is 0 Å². The molecular weight excluding hydrogens is 506 g/mol. The molecule has 0 spiro atoms. The third-order valence-corrected chi connectivity index (χ3v) is 7.52. The fourth-order valence-corrected chi connectivity index (χ4v) is 5.33. The molecule has 4 rings (SSSR count). The lowest BCUT2D eigenvalue weighted by molar-refractivity contribution is 0.1000. The zero-order valence-electron chi connectivity index (χ0n) is 18.1. The number of anilines is 1. The van der Waals surface area contributed by atoms with Crippen molar-refractivity contribution in [3.63, 3.8) is 0 Å². The van der Waals surface area contributed by atoms with E-state index in [0.29, 0.717) is 26.8 Å². The van der Waals surface area contributed by atoms with E-state index in [1.807, 2.05) is 6.92 Å². The van der Waals surface area contributed by atoms with Gasteiger partial charge in [0.25, 0.3) is 15.9 Å². The number of rotatable bonds is 5. The van der Waals surface area contributed by atoms with Crippen LogP contribution in [-0.4, -0.2) is 20.1 Å². The molecule has 0 bridgehead atoms. The summed E-state index contributed by atoms with van der Waals surface area (Å²) in [5.41, 5.74) is 2.06. The van der Waals surface area contributed by atoms with E-state index in [1.165, 1.54) is 31.2 Å². The van der Waals surface area contributed by atoms with Crippen molar-refractivity contribution in [3.05, 3.63) is 93.7 Å². The Morgan fingerprint density at radius 1 is 0.909 bits per heavy atom. The number of benzene rings is 3. The second-order valence-electron chi connectivity index (χ2n) is 7.66. The summed E-state index contributed by atoms with van der Waals surface area (Å²) in [6, 6.07) is 17.3. The van der Waals surface area contributed by atoms with Crippen molar-refractivity contribution in [2.45, 2.75) is 25.7 Å². The van der Waals surface area contributed by atoms with Gasteiger partial charge in [-0.25, -0.2) is 8.42 Å². The Morgan fingerprint density at radius 3 is 2.15 bits per heavy atom. The van der Waals surface area contributed by atoms with Gasteiger partial charge in [0.2, 0.25) is 0 Å². The second kappa shape index (κ2) is 8.61. The van der Waals surface area contributed by atoms with Crippen molar-refractivity contribution in [3.8, 4) is 0 Å². The number of hydrogen-bond donors (Lipinski definition) is 0. The van der Waals surface area contributed by atoms with Gasteiger partial charge in [-0.1, -0.05) is 33.6 Å². The molecule has 0 aliphatic carbocycles. The third-order valence-electron chi connectivity index (χ3n) is 5.27. The van der Waals surface area contributed by atoms with E-state index in [0.717, 1.165) is 9.87 Å². The van der Waals surface area contributed by atoms with Crippen molar-refractivity contribution in [2.24, 2.45) is 0 Å². The molecule has 1 aromatic heterocycles. The Balaban J connectivity index is 1.95. The molecule has 1 amide bonds. The number of carbonyl (C=O) groups excluding carboxylic acids is 2. The first kappa shape index (κ1) is 22.9. The highest BCUT2D eigenvalue weighted by Gasteiger charge is 2.32. The molecule has 0 aliphatic heterocycles. The minimum absolute atomic E-state index is 0.0403. The van der Waals surface area contributed by atoms with Crippen molar-refractivity contribution < 1.29 is 22.4 Å². The molecule has 0 fully saturated rings. The van der Waals surface area contributed by atoms with Crippen LogP contribution in [0.4, 0.5) is 5.69 Å². The molecule has 0 N–H and O–H groups in total. The molecule has 0 atom stereocenters. The van der Waals surface area contributed by atoms with Gasteiger partial charge >= 0.3 is 0 Å². The Bertz CT molecular complexity index is 1490. The first-order valence-corrected chi connectivity index (χ1v) is 12.3. The van der Waals surface area contributed by atoms with Crippen LogP contribution in [0.1, 0.15) is 39.0 Å². The molecule has 0 radical (unpaired) electrons. The number of ketones is 1. The number of nitrogens with zero attached hydrogens (tertiary/aromatic N) is 1. The van der Waals surface area contributed by atoms with Crippen LogP contribution in [0.5, 0.6) is 0 Å². The van der Waals surface area contributed by atoms with Gasteiger partial charge in [0.1, 0.15) is 11.3 Å². The maximum absolute atomic E-state index is 13.7. The maximum atomic E-state index is 13.7. The number of Topliss-reactive ketones (excluding diaryl/α,β-unsaturated/α-hetero) is 1. The molecule has 0 aliphatic rings. The second-order valence-corrected chi connectivity index (χ2v) is 10.4. The first-order chi connectivity index (χ1) is 15.6. The summed E-state index contributed by atoms with van der Waals surface area (Å²) < 4.78 is 34.5. The quantitative estimate of drug-likeness (QED) is 0.296. The number of furan rings is 1. The normalized spacial score (nSPS) is 11.5. The van der Waals surface area contributed by atoms with Gasteiger partial charge in [0, 0.05) is 15.4 Å². The highest BCUT2D eigenvalue weighted by molar-refractivity contribution is 9.10. The molecule has 3 aromatic carbocycles. The van der Waals surface area contributed by atoms with Crippen LogP contribution in [0.2, 0.25) is 0 Å². The summed E-state index contributed by atoms with van der Waals surface area (Å²) in [5, 5.41) is 0.449. The molecule has 0 saturated heterocycles. The van der Waals surface area contributed by atoms with E-state index >= 15 is 0 Å². The summed E-state index contributed by atoms with van der Waals surface area (Å²) >= 11 is 3.30. The van der Waals surface area contributed by atoms with Gasteiger partial charge in [-0.2, -0.15) is 4.31 Å². The largest absolute Gasteiger partial charge is 0.461 e. The standard InChI is InChI=1S/C25H20BrNO5S/c1-15-4-6-18(7-5-15)25(29)27(33(30,31)21-11-8-19(26)9-12-21)20-10-13-23-22(14-20)24(16(2)28)17(3)32-23/h4-14H,1-3H3. The van der Waals surface area contributed by atoms with Gasteiger partial charge in [-0.3, -0.25) is 9.59 Å². The predicted octanol–water partition coefficient (Wildman–Crippen LogP) is 6.05. The predicted molar refractivity (Wildman–Crippen MR) is 130 cm³/mol. The Kier molecular flexibility index (Phi) is 5.99. The first-order valence-electron chi connectivity index (χ1n) is 10.1. The molecular formula is C25H20BrNO5S. The third kappa shape index (κ3) is 4.24. The van der Waals surface area contributed by atoms with Gasteiger partial charge in [0.05, 0.1) is 16.1 Å². The number of sulfonamides is 1. The lowest BCUT2D eigenvalue weighted by Gasteiger charge is -2.23. The minimum atomic E-state index is -4.28. The van der Waals surface area contributed by atoms with Crippen molar-refractivity contribution in [1.82, 2.24) is 0 Å². The minimum Gasteiger partial charge on any atom is -0.461 e. The summed E-state index contributed by atoms with van der Waals surface area (Å²) in [6.07, 6.45) is 0. The van der Waals surface area contributed by atoms with Crippen molar-refractivity contribution in [1.29, 1.82) is 0 Å². The fraction of sp³-hybridized carbons (Fsp3) is 0.120. The topological polar surface area (TPSA) is 84.7 Å². The number of carbonyl (C=O) groups is 2. The van der Waals surface area contributed by atoms with Crippen LogP contribution in [0.3, 0.4) is 0 Å². The van der Waals surface area contributed by atoms with E-state index in [2.05, 4.69) is 15.9 Å². The van der Waals surface area contributed by atoms with Crippen LogP contribution >= 0.6 is 15.9 Å². The molecule has 1 heterocycles. The SMILES string of the molecule is CC(=O)c1c(C)oc2ccc(N(C(=O)c3ccc(C)cc3)S(=O)(=O)c3ccc(Br)cc3)cc12.